The van der Waals surface area contributed by atoms with Crippen molar-refractivity contribution in [2.24, 2.45) is 11.1 Å². The zero-order valence-electron chi connectivity index (χ0n) is 22.2. The summed E-state index contributed by atoms with van der Waals surface area (Å²) in [6.45, 7) is 5.50. The Balaban J connectivity index is 1.85. The summed E-state index contributed by atoms with van der Waals surface area (Å²) in [6, 6.07) is 5.29. The van der Waals surface area contributed by atoms with Crippen molar-refractivity contribution in [1.82, 2.24) is 0 Å². The van der Waals surface area contributed by atoms with E-state index in [0.717, 1.165) is 37.7 Å². The summed E-state index contributed by atoms with van der Waals surface area (Å²) in [5.74, 6) is -3.15. The van der Waals surface area contributed by atoms with Gasteiger partial charge in [-0.2, -0.15) is 21.6 Å². The Morgan fingerprint density at radius 2 is 1.90 bits per heavy atom. The Kier molecular flexibility index (Phi) is 8.77. The SMILES string of the molecule is COc1cc(C(=O)O)c(F)cc1NS(=O)(=O)/C(N)=C/OC(C)c1ccc(C2=CCC(C)(C)CC2)cc1C(F)(F)F. The van der Waals surface area contributed by atoms with E-state index < -0.39 is 55.9 Å². The monoisotopic (exact) mass is 586 g/mol. The summed E-state index contributed by atoms with van der Waals surface area (Å²) in [4.78, 5) is 11.1. The van der Waals surface area contributed by atoms with E-state index in [0.29, 0.717) is 24.3 Å². The van der Waals surface area contributed by atoms with E-state index >= 15 is 0 Å². The first kappa shape index (κ1) is 30.8. The third-order valence-corrected chi connectivity index (χ3v) is 7.81. The molecule has 40 heavy (non-hydrogen) atoms. The summed E-state index contributed by atoms with van der Waals surface area (Å²) in [5.41, 5.74) is 4.64. The maximum atomic E-state index is 14.1. The lowest BCUT2D eigenvalue weighted by molar-refractivity contribution is -0.139. The van der Waals surface area contributed by atoms with Crippen LogP contribution in [0.5, 0.6) is 5.75 Å². The fourth-order valence-electron chi connectivity index (χ4n) is 4.17. The van der Waals surface area contributed by atoms with E-state index in [1.54, 1.807) is 6.07 Å². The molecule has 0 heterocycles. The molecule has 1 unspecified atom stereocenters. The van der Waals surface area contributed by atoms with Gasteiger partial charge in [-0.1, -0.05) is 32.1 Å². The number of alkyl halides is 3. The lowest BCUT2D eigenvalue weighted by Gasteiger charge is -2.29. The van der Waals surface area contributed by atoms with Gasteiger partial charge in [-0.05, 0) is 54.9 Å². The van der Waals surface area contributed by atoms with Crippen LogP contribution >= 0.6 is 0 Å². The van der Waals surface area contributed by atoms with Crippen molar-refractivity contribution in [2.45, 2.75) is 52.3 Å². The number of rotatable bonds is 9. The Labute approximate surface area is 229 Å². The van der Waals surface area contributed by atoms with Crippen molar-refractivity contribution in [3.8, 4) is 5.75 Å². The number of hydrogen-bond acceptors (Lipinski definition) is 6. The first-order valence-electron chi connectivity index (χ1n) is 12.1. The van der Waals surface area contributed by atoms with Gasteiger partial charge in [0.1, 0.15) is 23.9 Å². The number of carbonyl (C=O) groups is 1. The molecule has 218 valence electrons. The molecule has 13 heteroatoms. The van der Waals surface area contributed by atoms with Gasteiger partial charge in [0.25, 0.3) is 10.0 Å². The van der Waals surface area contributed by atoms with E-state index in [9.17, 15) is 30.8 Å². The number of allylic oxidation sites excluding steroid dienone is 2. The maximum Gasteiger partial charge on any atom is 0.416 e. The highest BCUT2D eigenvalue weighted by Crippen LogP contribution is 2.41. The number of carboxylic acids is 1. The summed E-state index contributed by atoms with van der Waals surface area (Å²) < 4.78 is 93.6. The smallest absolute Gasteiger partial charge is 0.416 e. The fraction of sp³-hybridized carbons (Fsp3) is 0.370. The maximum absolute atomic E-state index is 14.1. The molecule has 8 nitrogen and oxygen atoms in total. The second kappa shape index (κ2) is 11.4. The quantitative estimate of drug-likeness (QED) is 0.228. The van der Waals surface area contributed by atoms with Crippen LogP contribution in [-0.4, -0.2) is 26.6 Å². The van der Waals surface area contributed by atoms with Gasteiger partial charge < -0.3 is 20.3 Å². The number of hydrogen-bond donors (Lipinski definition) is 3. The van der Waals surface area contributed by atoms with Gasteiger partial charge in [0.2, 0.25) is 0 Å². The van der Waals surface area contributed by atoms with Gasteiger partial charge in [0, 0.05) is 11.6 Å². The minimum atomic E-state index is -4.71. The summed E-state index contributed by atoms with van der Waals surface area (Å²) in [6.07, 6.45) is -1.19. The second-order valence-electron chi connectivity index (χ2n) is 10.1. The molecule has 0 bridgehead atoms. The van der Waals surface area contributed by atoms with Gasteiger partial charge in [-0.3, -0.25) is 4.72 Å². The average molecular weight is 587 g/mol. The van der Waals surface area contributed by atoms with Crippen molar-refractivity contribution in [2.75, 3.05) is 11.8 Å². The molecule has 0 aromatic heterocycles. The Morgan fingerprint density at radius 3 is 2.45 bits per heavy atom. The standard InChI is InChI=1S/C27H30F4N2O6S/c1-15(18-6-5-17(11-20(18)27(29,30)31)16-7-9-26(2,3)10-8-16)39-14-24(32)40(36,37)33-22-13-21(28)19(25(34)35)12-23(22)38-4/h5-7,11-15,33H,8-10,32H2,1-4H3,(H,34,35)/b24-14+. The van der Waals surface area contributed by atoms with Crippen molar-refractivity contribution in [3.63, 3.8) is 0 Å². The van der Waals surface area contributed by atoms with Crippen LogP contribution in [0.25, 0.3) is 5.57 Å². The van der Waals surface area contributed by atoms with Crippen LogP contribution in [0.15, 0.2) is 47.7 Å². The first-order chi connectivity index (χ1) is 18.4. The molecule has 2 aromatic rings. The van der Waals surface area contributed by atoms with Gasteiger partial charge >= 0.3 is 12.1 Å². The normalized spacial score (nSPS) is 16.6. The molecule has 0 saturated heterocycles. The van der Waals surface area contributed by atoms with Crippen molar-refractivity contribution < 1.29 is 45.4 Å². The number of aromatic carboxylic acids is 1. The van der Waals surface area contributed by atoms with E-state index in [1.165, 1.54) is 13.0 Å². The topological polar surface area (TPSA) is 128 Å². The third kappa shape index (κ3) is 7.06. The molecule has 2 aromatic carbocycles. The number of nitrogens with one attached hydrogen (secondary N) is 1. The number of halogens is 4. The summed E-state index contributed by atoms with van der Waals surface area (Å²) >= 11 is 0. The van der Waals surface area contributed by atoms with Crippen molar-refractivity contribution >= 4 is 27.3 Å². The summed E-state index contributed by atoms with van der Waals surface area (Å²) in [7, 11) is -3.50. The molecular formula is C27H30F4N2O6S. The molecule has 0 saturated carbocycles. The molecule has 0 amide bonds. The predicted molar refractivity (Wildman–Crippen MR) is 141 cm³/mol. The molecule has 1 atom stereocenters. The van der Waals surface area contributed by atoms with Gasteiger partial charge in [-0.25, -0.2) is 9.18 Å². The zero-order valence-corrected chi connectivity index (χ0v) is 23.0. The number of anilines is 1. The highest BCUT2D eigenvalue weighted by Gasteiger charge is 2.36. The van der Waals surface area contributed by atoms with E-state index in [4.69, 9.17) is 20.3 Å². The highest BCUT2D eigenvalue weighted by atomic mass is 32.2. The number of carboxylic acid groups (broad SMARTS) is 1. The van der Waals surface area contributed by atoms with E-state index in [2.05, 4.69) is 13.8 Å². The number of sulfonamides is 1. The molecule has 1 aliphatic rings. The van der Waals surface area contributed by atoms with Gasteiger partial charge in [0.05, 0.1) is 23.9 Å². The number of methoxy groups -OCH3 is 1. The number of ether oxygens (including phenoxy) is 2. The lowest BCUT2D eigenvalue weighted by atomic mass is 9.77. The number of benzene rings is 2. The Hall–Kier alpha value is -3.74. The van der Waals surface area contributed by atoms with Crippen LogP contribution in [0.2, 0.25) is 0 Å². The average Bonchev–Trinajstić information content (AvgIpc) is 2.85. The molecule has 0 aliphatic heterocycles. The van der Waals surface area contributed by atoms with Gasteiger partial charge in [0.15, 0.2) is 5.03 Å². The Morgan fingerprint density at radius 1 is 1.23 bits per heavy atom. The third-order valence-electron chi connectivity index (χ3n) is 6.60. The molecule has 0 spiro atoms. The molecule has 1 aliphatic carbocycles. The van der Waals surface area contributed by atoms with Crippen LogP contribution in [0.1, 0.15) is 73.2 Å². The minimum Gasteiger partial charge on any atom is -0.495 e. The Bertz CT molecular complexity index is 1470. The zero-order chi connectivity index (χ0) is 30.0. The van der Waals surface area contributed by atoms with Crippen LogP contribution in [0, 0.1) is 11.2 Å². The summed E-state index contributed by atoms with van der Waals surface area (Å²) in [5, 5.41) is 8.10. The van der Waals surface area contributed by atoms with E-state index in [1.807, 2.05) is 10.8 Å². The molecular weight excluding hydrogens is 556 g/mol. The van der Waals surface area contributed by atoms with Gasteiger partial charge in [-0.15, -0.1) is 0 Å². The highest BCUT2D eigenvalue weighted by molar-refractivity contribution is 7.96. The number of nitrogens with two attached hydrogens (primary N) is 1. The molecule has 0 radical (unpaired) electrons. The largest absolute Gasteiger partial charge is 0.495 e. The lowest BCUT2D eigenvalue weighted by Crippen LogP contribution is -2.22. The minimum absolute atomic E-state index is 0.0847. The first-order valence-corrected chi connectivity index (χ1v) is 13.6. The van der Waals surface area contributed by atoms with E-state index in [-0.39, 0.29) is 16.7 Å². The van der Waals surface area contributed by atoms with Crippen molar-refractivity contribution in [1.29, 1.82) is 0 Å². The molecule has 4 N–H and O–H groups in total. The molecule has 0 fully saturated rings. The molecule has 3 rings (SSSR count). The van der Waals surface area contributed by atoms with Crippen LogP contribution in [-0.2, 0) is 20.9 Å². The van der Waals surface area contributed by atoms with Crippen molar-refractivity contribution in [3.05, 3.63) is 75.8 Å². The van der Waals surface area contributed by atoms with Crippen LogP contribution < -0.4 is 15.2 Å². The van der Waals surface area contributed by atoms with Crippen LogP contribution in [0.4, 0.5) is 23.2 Å². The second-order valence-corrected chi connectivity index (χ2v) is 11.8. The predicted octanol–water partition coefficient (Wildman–Crippen LogP) is 6.42. The fourth-order valence-corrected chi connectivity index (χ4v) is 4.92. The van der Waals surface area contributed by atoms with Crippen LogP contribution in [0.3, 0.4) is 0 Å².